The molecule has 0 spiro atoms. The molecular formula is C18H22N2O4S2. The van der Waals surface area contributed by atoms with Gasteiger partial charge in [-0.2, -0.15) is 0 Å². The quantitative estimate of drug-likeness (QED) is 0.755. The number of carbonyl (C=O) groups is 2. The van der Waals surface area contributed by atoms with Crippen LogP contribution in [0.3, 0.4) is 0 Å². The minimum absolute atomic E-state index is 0.0167. The van der Waals surface area contributed by atoms with Gasteiger partial charge in [-0.25, -0.2) is 8.42 Å². The van der Waals surface area contributed by atoms with E-state index < -0.39 is 15.9 Å². The molecule has 2 N–H and O–H groups in total. The van der Waals surface area contributed by atoms with E-state index in [9.17, 15) is 18.0 Å². The first kappa shape index (κ1) is 20.1. The molecular weight excluding hydrogens is 372 g/mol. The summed E-state index contributed by atoms with van der Waals surface area (Å²) in [5.74, 6) is -0.740. The fourth-order valence-corrected chi connectivity index (χ4v) is 3.80. The molecule has 6 nitrogen and oxygen atoms in total. The van der Waals surface area contributed by atoms with E-state index >= 15 is 0 Å². The Bertz CT molecular complexity index is 857. The number of amides is 2. The maximum atomic E-state index is 12.6. The van der Waals surface area contributed by atoms with Gasteiger partial charge in [-0.15, -0.1) is 11.3 Å². The molecule has 0 aliphatic rings. The normalized spacial score (nSPS) is 12.6. The van der Waals surface area contributed by atoms with Crippen LogP contribution in [-0.4, -0.2) is 32.0 Å². The van der Waals surface area contributed by atoms with Crippen molar-refractivity contribution in [2.75, 3.05) is 11.1 Å². The molecule has 0 bridgehead atoms. The average Bonchev–Trinajstić information content (AvgIpc) is 3.14. The lowest BCUT2D eigenvalue weighted by Gasteiger charge is -2.21. The second-order valence-electron chi connectivity index (χ2n) is 6.09. The van der Waals surface area contributed by atoms with E-state index in [1.807, 2.05) is 13.8 Å². The molecule has 8 heteroatoms. The van der Waals surface area contributed by atoms with Crippen LogP contribution in [0.4, 0.5) is 5.69 Å². The standard InChI is InChI=1S/C18H22N2O4S2/c1-4-26(23,24)14-9-7-13(8-10-14)19-18(22)16(12(2)3)20-17(21)15-6-5-11-25-15/h5-12,16H,4H2,1-3H3,(H,19,22)(H,20,21). The second-order valence-corrected chi connectivity index (χ2v) is 9.32. The summed E-state index contributed by atoms with van der Waals surface area (Å²) < 4.78 is 23.7. The zero-order valence-electron chi connectivity index (χ0n) is 14.9. The highest BCUT2D eigenvalue weighted by Crippen LogP contribution is 2.17. The maximum Gasteiger partial charge on any atom is 0.262 e. The van der Waals surface area contributed by atoms with E-state index in [1.165, 1.54) is 23.5 Å². The lowest BCUT2D eigenvalue weighted by molar-refractivity contribution is -0.118. The molecule has 1 unspecified atom stereocenters. The van der Waals surface area contributed by atoms with Crippen LogP contribution in [0.1, 0.15) is 30.4 Å². The van der Waals surface area contributed by atoms with Crippen LogP contribution >= 0.6 is 11.3 Å². The van der Waals surface area contributed by atoms with Gasteiger partial charge >= 0.3 is 0 Å². The van der Waals surface area contributed by atoms with E-state index in [0.29, 0.717) is 10.6 Å². The number of hydrogen-bond acceptors (Lipinski definition) is 5. The maximum absolute atomic E-state index is 12.6. The Labute approximate surface area is 157 Å². The molecule has 0 fully saturated rings. The van der Waals surface area contributed by atoms with Crippen LogP contribution in [0.15, 0.2) is 46.7 Å². The molecule has 26 heavy (non-hydrogen) atoms. The first-order valence-electron chi connectivity index (χ1n) is 8.22. The first-order chi connectivity index (χ1) is 12.2. The van der Waals surface area contributed by atoms with Gasteiger partial charge in [0, 0.05) is 5.69 Å². The summed E-state index contributed by atoms with van der Waals surface area (Å²) in [6.07, 6.45) is 0. The van der Waals surface area contributed by atoms with E-state index in [1.54, 1.807) is 36.6 Å². The molecule has 1 aromatic heterocycles. The molecule has 0 saturated carbocycles. The smallest absolute Gasteiger partial charge is 0.262 e. The van der Waals surface area contributed by atoms with Gasteiger partial charge in [-0.1, -0.05) is 26.8 Å². The van der Waals surface area contributed by atoms with Crippen LogP contribution in [0.2, 0.25) is 0 Å². The van der Waals surface area contributed by atoms with Crippen LogP contribution in [0.5, 0.6) is 0 Å². The summed E-state index contributed by atoms with van der Waals surface area (Å²) in [4.78, 5) is 25.5. The average molecular weight is 395 g/mol. The Morgan fingerprint density at radius 1 is 1.12 bits per heavy atom. The minimum Gasteiger partial charge on any atom is -0.339 e. The van der Waals surface area contributed by atoms with Crippen molar-refractivity contribution >= 4 is 38.7 Å². The van der Waals surface area contributed by atoms with Gasteiger partial charge in [0.25, 0.3) is 5.91 Å². The van der Waals surface area contributed by atoms with Crippen molar-refractivity contribution in [3.63, 3.8) is 0 Å². The van der Waals surface area contributed by atoms with Gasteiger partial charge < -0.3 is 10.6 Å². The number of nitrogens with one attached hydrogen (secondary N) is 2. The number of rotatable bonds is 7. The third kappa shape index (κ3) is 4.92. The molecule has 0 aliphatic carbocycles. The molecule has 1 atom stereocenters. The highest BCUT2D eigenvalue weighted by Gasteiger charge is 2.25. The molecule has 140 valence electrons. The lowest BCUT2D eigenvalue weighted by Crippen LogP contribution is -2.46. The Hall–Kier alpha value is -2.19. The Balaban J connectivity index is 2.09. The van der Waals surface area contributed by atoms with Crippen molar-refractivity contribution in [3.05, 3.63) is 46.7 Å². The van der Waals surface area contributed by atoms with Gasteiger partial charge in [-0.3, -0.25) is 9.59 Å². The monoisotopic (exact) mass is 394 g/mol. The summed E-state index contributed by atoms with van der Waals surface area (Å²) in [5, 5.41) is 7.27. The Kier molecular flexibility index (Phi) is 6.55. The number of anilines is 1. The van der Waals surface area contributed by atoms with E-state index in [-0.39, 0.29) is 28.4 Å². The van der Waals surface area contributed by atoms with Gasteiger partial charge in [-0.05, 0) is 41.6 Å². The summed E-state index contributed by atoms with van der Waals surface area (Å²) in [7, 11) is -3.28. The van der Waals surface area contributed by atoms with Gasteiger partial charge in [0.15, 0.2) is 9.84 Å². The number of carbonyl (C=O) groups excluding carboxylic acids is 2. The van der Waals surface area contributed by atoms with E-state index in [2.05, 4.69) is 10.6 Å². The van der Waals surface area contributed by atoms with Crippen molar-refractivity contribution in [2.45, 2.75) is 31.7 Å². The summed E-state index contributed by atoms with van der Waals surface area (Å²) in [5.41, 5.74) is 0.473. The van der Waals surface area contributed by atoms with Crippen LogP contribution in [-0.2, 0) is 14.6 Å². The fraction of sp³-hybridized carbons (Fsp3) is 0.333. The molecule has 0 radical (unpaired) electrons. The Morgan fingerprint density at radius 2 is 1.77 bits per heavy atom. The van der Waals surface area contributed by atoms with Crippen molar-refractivity contribution in [1.82, 2.24) is 5.32 Å². The van der Waals surface area contributed by atoms with Crippen molar-refractivity contribution in [2.24, 2.45) is 5.92 Å². The highest BCUT2D eigenvalue weighted by atomic mass is 32.2. The summed E-state index contributed by atoms with van der Waals surface area (Å²) in [6.45, 7) is 5.26. The van der Waals surface area contributed by atoms with Crippen molar-refractivity contribution in [3.8, 4) is 0 Å². The van der Waals surface area contributed by atoms with Gasteiger partial charge in [0.2, 0.25) is 5.91 Å². The van der Waals surface area contributed by atoms with Crippen molar-refractivity contribution in [1.29, 1.82) is 0 Å². The predicted octanol–water partition coefficient (Wildman–Crippen LogP) is 2.93. The molecule has 2 rings (SSSR count). The SMILES string of the molecule is CCS(=O)(=O)c1ccc(NC(=O)C(NC(=O)c2cccs2)C(C)C)cc1. The third-order valence-corrected chi connectivity index (χ3v) is 6.46. The second kappa shape index (κ2) is 8.46. The lowest BCUT2D eigenvalue weighted by atomic mass is 10.0. The van der Waals surface area contributed by atoms with E-state index in [0.717, 1.165) is 0 Å². The molecule has 2 amide bonds. The summed E-state index contributed by atoms with van der Waals surface area (Å²) in [6, 6.07) is 8.77. The number of thiophene rings is 1. The molecule has 1 heterocycles. The van der Waals surface area contributed by atoms with Crippen molar-refractivity contribution < 1.29 is 18.0 Å². The molecule has 0 aliphatic heterocycles. The third-order valence-electron chi connectivity index (χ3n) is 3.84. The highest BCUT2D eigenvalue weighted by molar-refractivity contribution is 7.91. The first-order valence-corrected chi connectivity index (χ1v) is 10.8. The zero-order valence-corrected chi connectivity index (χ0v) is 16.5. The van der Waals surface area contributed by atoms with Crippen LogP contribution < -0.4 is 10.6 Å². The topological polar surface area (TPSA) is 92.3 Å². The largest absolute Gasteiger partial charge is 0.339 e. The summed E-state index contributed by atoms with van der Waals surface area (Å²) >= 11 is 1.31. The number of sulfone groups is 1. The van der Waals surface area contributed by atoms with Crippen LogP contribution in [0.25, 0.3) is 0 Å². The predicted molar refractivity (Wildman–Crippen MR) is 103 cm³/mol. The van der Waals surface area contributed by atoms with Gasteiger partial charge in [0.05, 0.1) is 15.5 Å². The zero-order chi connectivity index (χ0) is 19.3. The molecule has 1 aromatic carbocycles. The fourth-order valence-electron chi connectivity index (χ4n) is 2.29. The minimum atomic E-state index is -3.28. The van der Waals surface area contributed by atoms with Crippen LogP contribution in [0, 0.1) is 5.92 Å². The van der Waals surface area contributed by atoms with Gasteiger partial charge in [0.1, 0.15) is 6.04 Å². The Morgan fingerprint density at radius 3 is 2.27 bits per heavy atom. The van der Waals surface area contributed by atoms with E-state index in [4.69, 9.17) is 0 Å². The number of benzene rings is 1. The number of hydrogen-bond donors (Lipinski definition) is 2. The molecule has 0 saturated heterocycles. The molecule has 2 aromatic rings.